The summed E-state index contributed by atoms with van der Waals surface area (Å²) in [4.78, 5) is 14.7. The second kappa shape index (κ2) is 6.34. The van der Waals surface area contributed by atoms with Crippen LogP contribution in [0.5, 0.6) is 0 Å². The Labute approximate surface area is 140 Å². The van der Waals surface area contributed by atoms with Gasteiger partial charge in [-0.15, -0.1) is 0 Å². The minimum atomic E-state index is -0.398. The highest BCUT2D eigenvalue weighted by Gasteiger charge is 2.31. The molecule has 2 aromatic rings. The normalized spacial score (nSPS) is 19.1. The molecule has 1 N–H and O–H groups in total. The van der Waals surface area contributed by atoms with Crippen LogP contribution in [0, 0.1) is 5.92 Å². The maximum Gasteiger partial charge on any atom is 0.257 e. The molecule has 2 unspecified atom stereocenters. The molecule has 1 saturated heterocycles. The van der Waals surface area contributed by atoms with Gasteiger partial charge in [0.25, 0.3) is 5.91 Å². The maximum atomic E-state index is 12.9. The van der Waals surface area contributed by atoms with Crippen LogP contribution in [0.2, 0.25) is 5.02 Å². The van der Waals surface area contributed by atoms with E-state index in [2.05, 4.69) is 5.10 Å². The molecule has 1 aromatic heterocycles. The zero-order valence-corrected chi connectivity index (χ0v) is 14.0. The van der Waals surface area contributed by atoms with Gasteiger partial charge in [-0.1, -0.05) is 29.8 Å². The smallest absolute Gasteiger partial charge is 0.257 e. The summed E-state index contributed by atoms with van der Waals surface area (Å²) in [5.41, 5.74) is 1.90. The number of carbonyl (C=O) groups excluding carboxylic acids is 1. The molecule has 2 heterocycles. The van der Waals surface area contributed by atoms with E-state index in [1.54, 1.807) is 35.8 Å². The first-order chi connectivity index (χ1) is 11.0. The van der Waals surface area contributed by atoms with Gasteiger partial charge in [0.1, 0.15) is 5.69 Å². The first-order valence-corrected chi connectivity index (χ1v) is 8.11. The van der Waals surface area contributed by atoms with Crippen molar-refractivity contribution in [3.8, 4) is 11.3 Å². The number of amides is 1. The van der Waals surface area contributed by atoms with Gasteiger partial charge >= 0.3 is 0 Å². The van der Waals surface area contributed by atoms with Crippen molar-refractivity contribution in [1.82, 2.24) is 14.7 Å². The van der Waals surface area contributed by atoms with Crippen LogP contribution in [0.25, 0.3) is 11.3 Å². The highest BCUT2D eigenvalue weighted by molar-refractivity contribution is 6.33. The summed E-state index contributed by atoms with van der Waals surface area (Å²) in [6, 6.07) is 7.39. The summed E-state index contributed by atoms with van der Waals surface area (Å²) in [6.07, 6.45) is 2.16. The lowest BCUT2D eigenvalue weighted by Gasteiger charge is -2.17. The summed E-state index contributed by atoms with van der Waals surface area (Å²) in [5, 5.41) is 14.7. The van der Waals surface area contributed by atoms with Crippen LogP contribution in [0.15, 0.2) is 30.5 Å². The Morgan fingerprint density at radius 3 is 2.83 bits per heavy atom. The molecule has 6 heteroatoms. The Morgan fingerprint density at radius 2 is 2.17 bits per heavy atom. The molecule has 5 nitrogen and oxygen atoms in total. The number of benzene rings is 1. The van der Waals surface area contributed by atoms with Gasteiger partial charge in [-0.25, -0.2) is 0 Å². The van der Waals surface area contributed by atoms with Gasteiger partial charge in [0.2, 0.25) is 0 Å². The van der Waals surface area contributed by atoms with E-state index in [9.17, 15) is 9.90 Å². The fraction of sp³-hybridized carbons (Fsp3) is 0.412. The van der Waals surface area contributed by atoms with Crippen LogP contribution in [-0.2, 0) is 7.05 Å². The predicted molar refractivity (Wildman–Crippen MR) is 89.3 cm³/mol. The Balaban J connectivity index is 1.92. The third-order valence-corrected chi connectivity index (χ3v) is 4.71. The number of halogens is 1. The van der Waals surface area contributed by atoms with Crippen molar-refractivity contribution < 1.29 is 9.90 Å². The van der Waals surface area contributed by atoms with Crippen LogP contribution in [-0.4, -0.2) is 44.9 Å². The lowest BCUT2D eigenvalue weighted by molar-refractivity contribution is 0.0763. The lowest BCUT2D eigenvalue weighted by atomic mass is 10.0. The summed E-state index contributed by atoms with van der Waals surface area (Å²) in [7, 11) is 1.79. The molecule has 2 atom stereocenters. The van der Waals surface area contributed by atoms with E-state index in [4.69, 9.17) is 11.6 Å². The van der Waals surface area contributed by atoms with E-state index in [0.29, 0.717) is 29.4 Å². The molecule has 0 spiro atoms. The highest BCUT2D eigenvalue weighted by atomic mass is 35.5. The van der Waals surface area contributed by atoms with Gasteiger partial charge in [-0.3, -0.25) is 9.48 Å². The average molecular weight is 334 g/mol. The molecular weight excluding hydrogens is 314 g/mol. The first kappa shape index (κ1) is 16.0. The number of likely N-dealkylation sites (tertiary alicyclic amines) is 1. The summed E-state index contributed by atoms with van der Waals surface area (Å²) >= 11 is 6.26. The van der Waals surface area contributed by atoms with Crippen LogP contribution in [0.4, 0.5) is 0 Å². The zero-order chi connectivity index (χ0) is 16.6. The number of aliphatic hydroxyl groups is 1. The molecule has 3 rings (SSSR count). The third kappa shape index (κ3) is 3.12. The number of rotatable bonds is 3. The fourth-order valence-electron chi connectivity index (χ4n) is 3.03. The second-order valence-electron chi connectivity index (χ2n) is 6.09. The summed E-state index contributed by atoms with van der Waals surface area (Å²) < 4.78 is 1.63. The molecule has 23 heavy (non-hydrogen) atoms. The number of aliphatic hydroxyl groups excluding tert-OH is 1. The maximum absolute atomic E-state index is 12.9. The van der Waals surface area contributed by atoms with Crippen molar-refractivity contribution in [2.45, 2.75) is 19.4 Å². The highest BCUT2D eigenvalue weighted by Crippen LogP contribution is 2.31. The molecule has 0 saturated carbocycles. The Bertz CT molecular complexity index is 726. The van der Waals surface area contributed by atoms with E-state index >= 15 is 0 Å². The topological polar surface area (TPSA) is 58.4 Å². The minimum Gasteiger partial charge on any atom is -0.393 e. The minimum absolute atomic E-state index is 0.0591. The first-order valence-electron chi connectivity index (χ1n) is 7.73. The average Bonchev–Trinajstić information content (AvgIpc) is 3.14. The fourth-order valence-corrected chi connectivity index (χ4v) is 3.26. The monoisotopic (exact) mass is 333 g/mol. The van der Waals surface area contributed by atoms with Crippen LogP contribution in [0.1, 0.15) is 23.7 Å². The Kier molecular flexibility index (Phi) is 4.41. The van der Waals surface area contributed by atoms with E-state index < -0.39 is 6.10 Å². The van der Waals surface area contributed by atoms with E-state index in [0.717, 1.165) is 12.0 Å². The second-order valence-corrected chi connectivity index (χ2v) is 6.49. The quantitative estimate of drug-likeness (QED) is 0.939. The van der Waals surface area contributed by atoms with Crippen molar-refractivity contribution in [2.24, 2.45) is 13.0 Å². The van der Waals surface area contributed by atoms with E-state index in [-0.39, 0.29) is 11.8 Å². The predicted octanol–water partition coefficient (Wildman–Crippen LogP) is 2.58. The van der Waals surface area contributed by atoms with Crippen molar-refractivity contribution in [3.05, 3.63) is 41.0 Å². The van der Waals surface area contributed by atoms with Crippen molar-refractivity contribution >= 4 is 17.5 Å². The lowest BCUT2D eigenvalue weighted by Crippen LogP contribution is -2.30. The van der Waals surface area contributed by atoms with Gasteiger partial charge in [0.05, 0.1) is 16.7 Å². The van der Waals surface area contributed by atoms with Crippen LogP contribution < -0.4 is 0 Å². The molecular formula is C17H20ClN3O2. The van der Waals surface area contributed by atoms with Crippen LogP contribution in [0.3, 0.4) is 0 Å². The molecule has 122 valence electrons. The Morgan fingerprint density at radius 1 is 1.43 bits per heavy atom. The largest absolute Gasteiger partial charge is 0.393 e. The molecule has 1 aliphatic heterocycles. The molecule has 0 radical (unpaired) electrons. The van der Waals surface area contributed by atoms with Crippen molar-refractivity contribution in [1.29, 1.82) is 0 Å². The van der Waals surface area contributed by atoms with Gasteiger partial charge in [0, 0.05) is 37.8 Å². The van der Waals surface area contributed by atoms with Crippen molar-refractivity contribution in [2.75, 3.05) is 13.1 Å². The molecule has 1 fully saturated rings. The van der Waals surface area contributed by atoms with E-state index in [1.807, 2.05) is 18.2 Å². The van der Waals surface area contributed by atoms with Crippen LogP contribution >= 0.6 is 11.6 Å². The third-order valence-electron chi connectivity index (χ3n) is 4.38. The van der Waals surface area contributed by atoms with Gasteiger partial charge in [0.15, 0.2) is 0 Å². The number of aryl methyl sites for hydroxylation is 1. The standard InChI is InChI=1S/C17H20ClN3O2/c1-11(22)12-7-8-21(9-12)17(23)14-10-20(2)19-16(14)13-5-3-4-6-15(13)18/h3-6,10-12,22H,7-9H2,1-2H3. The van der Waals surface area contributed by atoms with Gasteiger partial charge in [-0.05, 0) is 19.4 Å². The number of nitrogens with zero attached hydrogens (tertiary/aromatic N) is 3. The SMILES string of the molecule is CC(O)C1CCN(C(=O)c2cn(C)nc2-c2ccccc2Cl)C1. The number of hydrogen-bond acceptors (Lipinski definition) is 3. The molecule has 1 aliphatic rings. The molecule has 0 aliphatic carbocycles. The Hall–Kier alpha value is -1.85. The van der Waals surface area contributed by atoms with Gasteiger partial charge < -0.3 is 10.0 Å². The van der Waals surface area contributed by atoms with Gasteiger partial charge in [-0.2, -0.15) is 5.10 Å². The van der Waals surface area contributed by atoms with E-state index in [1.165, 1.54) is 0 Å². The summed E-state index contributed by atoms with van der Waals surface area (Å²) in [5.74, 6) is 0.0792. The zero-order valence-electron chi connectivity index (χ0n) is 13.2. The molecule has 1 amide bonds. The molecule has 1 aromatic carbocycles. The molecule has 0 bridgehead atoms. The number of hydrogen-bond donors (Lipinski definition) is 1. The number of carbonyl (C=O) groups is 1. The summed E-state index contributed by atoms with van der Waals surface area (Å²) in [6.45, 7) is 3.01. The van der Waals surface area contributed by atoms with Crippen molar-refractivity contribution in [3.63, 3.8) is 0 Å². The number of aromatic nitrogens is 2.